The molecule has 1 aromatic carbocycles. The molecule has 1 unspecified atom stereocenters. The van der Waals surface area contributed by atoms with Crippen molar-refractivity contribution in [3.8, 4) is 0 Å². The second kappa shape index (κ2) is 7.73. The maximum Gasteiger partial charge on any atom is 0.264 e. The molecule has 2 fully saturated rings. The molecule has 148 valence electrons. The van der Waals surface area contributed by atoms with Crippen LogP contribution in [0.5, 0.6) is 0 Å². The number of rotatable bonds is 4. The number of nitrogens with zero attached hydrogens (tertiary/aromatic N) is 1. The van der Waals surface area contributed by atoms with Gasteiger partial charge in [-0.15, -0.1) is 0 Å². The first-order valence-electron chi connectivity index (χ1n) is 10.1. The van der Waals surface area contributed by atoms with E-state index in [0.29, 0.717) is 22.7 Å². The number of amides is 4. The van der Waals surface area contributed by atoms with Crippen molar-refractivity contribution in [2.24, 2.45) is 5.92 Å². The number of carbonyl (C=O) groups is 4. The van der Waals surface area contributed by atoms with Gasteiger partial charge < -0.3 is 5.32 Å². The van der Waals surface area contributed by atoms with Crippen LogP contribution in [0.1, 0.15) is 72.1 Å². The Morgan fingerprint density at radius 1 is 0.964 bits per heavy atom. The molecule has 1 aromatic rings. The van der Waals surface area contributed by atoms with E-state index in [1.807, 2.05) is 6.07 Å². The molecule has 4 amide bonds. The van der Waals surface area contributed by atoms with Crippen LogP contribution in [0.15, 0.2) is 18.2 Å². The standard InChI is InChI=1S/C21H25N3O4/c25-17-11-10-16(19(26)23-17)24-20(27)14-8-5-9-15(18(14)21(24)28)22-12-13-6-3-1-2-4-7-13/h5,8-9,13,16,22H,1-4,6-7,10-12H2,(H,23,25,26). The zero-order chi connectivity index (χ0) is 19.7. The van der Waals surface area contributed by atoms with E-state index in [0.717, 1.165) is 11.4 Å². The summed E-state index contributed by atoms with van der Waals surface area (Å²) in [5.41, 5.74) is 1.31. The van der Waals surface area contributed by atoms with Crippen LogP contribution in [0, 0.1) is 5.92 Å². The summed E-state index contributed by atoms with van der Waals surface area (Å²) < 4.78 is 0. The second-order valence-corrected chi connectivity index (χ2v) is 7.91. The molecule has 1 atom stereocenters. The molecule has 1 saturated heterocycles. The Labute approximate surface area is 163 Å². The van der Waals surface area contributed by atoms with Gasteiger partial charge in [-0.1, -0.05) is 31.7 Å². The number of carbonyl (C=O) groups excluding carboxylic acids is 4. The van der Waals surface area contributed by atoms with Crippen LogP contribution in [-0.2, 0) is 9.59 Å². The maximum atomic E-state index is 13.1. The molecule has 0 radical (unpaired) electrons. The molecule has 1 aliphatic carbocycles. The summed E-state index contributed by atoms with van der Waals surface area (Å²) in [6, 6.07) is 4.26. The van der Waals surface area contributed by atoms with Crippen LogP contribution < -0.4 is 10.6 Å². The number of nitrogens with one attached hydrogen (secondary N) is 2. The molecule has 2 N–H and O–H groups in total. The second-order valence-electron chi connectivity index (χ2n) is 7.91. The molecule has 7 nitrogen and oxygen atoms in total. The van der Waals surface area contributed by atoms with Crippen LogP contribution in [0.3, 0.4) is 0 Å². The first-order valence-corrected chi connectivity index (χ1v) is 10.1. The van der Waals surface area contributed by atoms with Crippen LogP contribution in [-0.4, -0.2) is 41.1 Å². The largest absolute Gasteiger partial charge is 0.384 e. The van der Waals surface area contributed by atoms with E-state index in [1.165, 1.54) is 38.5 Å². The number of piperidine rings is 1. The van der Waals surface area contributed by atoms with Gasteiger partial charge in [0.1, 0.15) is 6.04 Å². The van der Waals surface area contributed by atoms with Gasteiger partial charge in [0, 0.05) is 18.7 Å². The lowest BCUT2D eigenvalue weighted by atomic mass is 10.00. The van der Waals surface area contributed by atoms with E-state index in [9.17, 15) is 19.2 Å². The molecule has 1 saturated carbocycles. The van der Waals surface area contributed by atoms with Crippen molar-refractivity contribution < 1.29 is 19.2 Å². The fraction of sp³-hybridized carbons (Fsp3) is 0.524. The Balaban J connectivity index is 1.54. The van der Waals surface area contributed by atoms with Gasteiger partial charge in [-0.05, 0) is 37.3 Å². The Bertz CT molecular complexity index is 827. The average Bonchev–Trinajstić information content (AvgIpc) is 2.85. The number of anilines is 1. The van der Waals surface area contributed by atoms with Gasteiger partial charge in [-0.25, -0.2) is 0 Å². The van der Waals surface area contributed by atoms with E-state index < -0.39 is 23.8 Å². The summed E-state index contributed by atoms with van der Waals surface area (Å²) in [5, 5.41) is 5.60. The van der Waals surface area contributed by atoms with Crippen LogP contribution in [0.2, 0.25) is 0 Å². The quantitative estimate of drug-likeness (QED) is 0.615. The van der Waals surface area contributed by atoms with Gasteiger partial charge in [0.25, 0.3) is 11.8 Å². The van der Waals surface area contributed by atoms with Crippen molar-refractivity contribution in [3.63, 3.8) is 0 Å². The van der Waals surface area contributed by atoms with Crippen LogP contribution >= 0.6 is 0 Å². The van der Waals surface area contributed by atoms with Gasteiger partial charge >= 0.3 is 0 Å². The smallest absolute Gasteiger partial charge is 0.264 e. The van der Waals surface area contributed by atoms with E-state index in [-0.39, 0.29) is 18.7 Å². The molecular weight excluding hydrogens is 358 g/mol. The molecule has 28 heavy (non-hydrogen) atoms. The molecule has 2 aliphatic heterocycles. The fourth-order valence-electron chi connectivity index (χ4n) is 4.48. The summed E-state index contributed by atoms with van der Waals surface area (Å²) >= 11 is 0. The lowest BCUT2D eigenvalue weighted by Gasteiger charge is -2.27. The molecule has 0 bridgehead atoms. The number of hydrogen-bond acceptors (Lipinski definition) is 5. The highest BCUT2D eigenvalue weighted by molar-refractivity contribution is 6.25. The average molecular weight is 383 g/mol. The van der Waals surface area contributed by atoms with Crippen LogP contribution in [0.4, 0.5) is 5.69 Å². The third-order valence-corrected chi connectivity index (χ3v) is 6.02. The van der Waals surface area contributed by atoms with Crippen molar-refractivity contribution in [2.45, 2.75) is 57.4 Å². The Morgan fingerprint density at radius 3 is 2.43 bits per heavy atom. The lowest BCUT2D eigenvalue weighted by Crippen LogP contribution is -2.54. The summed E-state index contributed by atoms with van der Waals surface area (Å²) in [6.07, 6.45) is 7.68. The number of fused-ring (bicyclic) bond motifs is 1. The Hall–Kier alpha value is -2.70. The number of hydrogen-bond donors (Lipinski definition) is 2. The number of imide groups is 2. The predicted molar refractivity (Wildman–Crippen MR) is 103 cm³/mol. The van der Waals surface area contributed by atoms with Crippen molar-refractivity contribution in [3.05, 3.63) is 29.3 Å². The minimum atomic E-state index is -0.931. The van der Waals surface area contributed by atoms with Crippen molar-refractivity contribution in [2.75, 3.05) is 11.9 Å². The minimum Gasteiger partial charge on any atom is -0.384 e. The molecule has 0 aromatic heterocycles. The maximum absolute atomic E-state index is 13.1. The minimum absolute atomic E-state index is 0.122. The first-order chi connectivity index (χ1) is 13.6. The molecule has 4 rings (SSSR count). The summed E-state index contributed by atoms with van der Waals surface area (Å²) in [7, 11) is 0. The van der Waals surface area contributed by atoms with Crippen molar-refractivity contribution in [1.82, 2.24) is 10.2 Å². The molecular formula is C21H25N3O4. The normalized spacial score (nSPS) is 23.4. The van der Waals surface area contributed by atoms with Crippen LogP contribution in [0.25, 0.3) is 0 Å². The van der Waals surface area contributed by atoms with Gasteiger partial charge in [-0.3, -0.25) is 29.4 Å². The predicted octanol–water partition coefficient (Wildman–Crippen LogP) is 2.47. The number of benzene rings is 1. The van der Waals surface area contributed by atoms with Gasteiger partial charge in [0.15, 0.2) is 0 Å². The fourth-order valence-corrected chi connectivity index (χ4v) is 4.48. The summed E-state index contributed by atoms with van der Waals surface area (Å²) in [4.78, 5) is 50.5. The third-order valence-electron chi connectivity index (χ3n) is 6.02. The Morgan fingerprint density at radius 2 is 1.71 bits per heavy atom. The highest BCUT2D eigenvalue weighted by Crippen LogP contribution is 2.33. The highest BCUT2D eigenvalue weighted by Gasteiger charge is 2.45. The first kappa shape index (κ1) is 18.7. The van der Waals surface area contributed by atoms with Crippen molar-refractivity contribution in [1.29, 1.82) is 0 Å². The molecule has 0 spiro atoms. The zero-order valence-electron chi connectivity index (χ0n) is 15.8. The van der Waals surface area contributed by atoms with E-state index in [1.54, 1.807) is 12.1 Å². The lowest BCUT2D eigenvalue weighted by molar-refractivity contribution is -0.136. The SMILES string of the molecule is O=C1CCC(N2C(=O)c3cccc(NCC4CCCCCC4)c3C2=O)C(=O)N1. The van der Waals surface area contributed by atoms with Gasteiger partial charge in [-0.2, -0.15) is 0 Å². The third kappa shape index (κ3) is 3.41. The van der Waals surface area contributed by atoms with Gasteiger partial charge in [0.2, 0.25) is 11.8 Å². The van der Waals surface area contributed by atoms with Gasteiger partial charge in [0.05, 0.1) is 11.1 Å². The zero-order valence-corrected chi connectivity index (χ0v) is 15.8. The highest BCUT2D eigenvalue weighted by atomic mass is 16.2. The molecule has 7 heteroatoms. The summed E-state index contributed by atoms with van der Waals surface area (Å²) in [5.74, 6) is -1.31. The topological polar surface area (TPSA) is 95.6 Å². The van der Waals surface area contributed by atoms with E-state index >= 15 is 0 Å². The Kier molecular flexibility index (Phi) is 5.15. The van der Waals surface area contributed by atoms with Crippen molar-refractivity contribution >= 4 is 29.3 Å². The monoisotopic (exact) mass is 383 g/mol. The molecule has 3 aliphatic rings. The summed E-state index contributed by atoms with van der Waals surface area (Å²) in [6.45, 7) is 0.774. The van der Waals surface area contributed by atoms with E-state index in [2.05, 4.69) is 10.6 Å². The van der Waals surface area contributed by atoms with E-state index in [4.69, 9.17) is 0 Å². The molecule has 2 heterocycles.